The van der Waals surface area contributed by atoms with Gasteiger partial charge in [0.2, 0.25) is 11.7 Å². The van der Waals surface area contributed by atoms with Gasteiger partial charge in [-0.15, -0.1) is 0 Å². The Hall–Kier alpha value is -3.36. The van der Waals surface area contributed by atoms with E-state index in [0.29, 0.717) is 0 Å². The number of esters is 1. The summed E-state index contributed by atoms with van der Waals surface area (Å²) in [5.74, 6) is -2.20. The molecular formula is C20H20FN3O5. The molecular weight excluding hydrogens is 381 g/mol. The number of hydrogen-bond donors (Lipinski definition) is 0. The van der Waals surface area contributed by atoms with Gasteiger partial charge in [-0.25, -0.2) is 14.2 Å². The molecule has 3 rings (SSSR count). The number of carbonyl (C=O) groups excluding carboxylic acids is 3. The predicted octanol–water partition coefficient (Wildman–Crippen LogP) is 1.83. The Bertz CT molecular complexity index is 1030. The number of carbonyl (C=O) groups is 3. The highest BCUT2D eigenvalue weighted by Crippen LogP contribution is 2.33. The number of aromatic nitrogens is 2. The van der Waals surface area contributed by atoms with Crippen molar-refractivity contribution in [3.05, 3.63) is 57.8 Å². The number of benzene rings is 1. The number of alkyl halides is 1. The number of ketones is 1. The quantitative estimate of drug-likeness (QED) is 0.573. The number of rotatable bonds is 4. The van der Waals surface area contributed by atoms with Crippen molar-refractivity contribution in [2.45, 2.75) is 32.5 Å². The Morgan fingerprint density at radius 1 is 1.17 bits per heavy atom. The molecule has 0 radical (unpaired) electrons. The lowest BCUT2D eigenvalue weighted by molar-refractivity contribution is -0.130. The number of nitrogens with zero attached hydrogens (tertiary/aromatic N) is 3. The minimum atomic E-state index is -1.27. The molecule has 0 aliphatic carbocycles. The molecule has 1 aromatic heterocycles. The Balaban J connectivity index is 2.07. The van der Waals surface area contributed by atoms with E-state index in [9.17, 15) is 23.6 Å². The average molecular weight is 401 g/mol. The molecule has 0 N–H and O–H groups in total. The second-order valence-electron chi connectivity index (χ2n) is 6.84. The van der Waals surface area contributed by atoms with Gasteiger partial charge in [-0.05, 0) is 12.1 Å². The van der Waals surface area contributed by atoms with Crippen LogP contribution >= 0.6 is 0 Å². The highest BCUT2D eigenvalue weighted by atomic mass is 19.1. The van der Waals surface area contributed by atoms with Gasteiger partial charge in [0.15, 0.2) is 11.5 Å². The Labute approximate surface area is 165 Å². The van der Waals surface area contributed by atoms with Crippen LogP contribution < -0.4 is 10.3 Å². The average Bonchev–Trinajstić information content (AvgIpc) is 3.07. The van der Waals surface area contributed by atoms with Crippen molar-refractivity contribution in [1.82, 2.24) is 14.5 Å². The van der Waals surface area contributed by atoms with Gasteiger partial charge in [-0.2, -0.15) is 0 Å². The van der Waals surface area contributed by atoms with E-state index in [-0.39, 0.29) is 36.0 Å². The maximum absolute atomic E-state index is 14.0. The zero-order chi connectivity index (χ0) is 21.3. The lowest BCUT2D eigenvalue weighted by Gasteiger charge is -2.24. The molecule has 0 saturated carbocycles. The Morgan fingerprint density at radius 2 is 1.83 bits per heavy atom. The zero-order valence-electron chi connectivity index (χ0n) is 16.2. The normalized spacial score (nSPS) is 18.6. The third-order valence-electron chi connectivity index (χ3n) is 4.77. The number of ether oxygens (including phenoxy) is 1. The molecule has 2 aromatic rings. The molecule has 0 unspecified atom stereocenters. The van der Waals surface area contributed by atoms with E-state index in [0.717, 1.165) is 4.57 Å². The third kappa shape index (κ3) is 3.94. The van der Waals surface area contributed by atoms with E-state index in [2.05, 4.69) is 4.98 Å². The minimum absolute atomic E-state index is 0.0413. The maximum atomic E-state index is 14.0. The molecule has 9 heteroatoms. The van der Waals surface area contributed by atoms with E-state index in [1.165, 1.54) is 37.9 Å². The molecule has 1 saturated heterocycles. The highest BCUT2D eigenvalue weighted by molar-refractivity contribution is 5.97. The molecule has 1 fully saturated rings. The predicted molar refractivity (Wildman–Crippen MR) is 101 cm³/mol. The topological polar surface area (TPSA) is 98.6 Å². The van der Waals surface area contributed by atoms with Crippen molar-refractivity contribution in [2.75, 3.05) is 6.54 Å². The summed E-state index contributed by atoms with van der Waals surface area (Å²) >= 11 is 0. The second kappa shape index (κ2) is 7.94. The summed E-state index contributed by atoms with van der Waals surface area (Å²) in [6, 6.07) is 7.20. The summed E-state index contributed by atoms with van der Waals surface area (Å²) in [6.45, 7) is 2.36. The van der Waals surface area contributed by atoms with Gasteiger partial charge in [-0.3, -0.25) is 19.0 Å². The van der Waals surface area contributed by atoms with E-state index in [1.54, 1.807) is 18.2 Å². The van der Waals surface area contributed by atoms with Gasteiger partial charge in [0.25, 0.3) is 5.56 Å². The summed E-state index contributed by atoms with van der Waals surface area (Å²) < 4.78 is 20.2. The van der Waals surface area contributed by atoms with E-state index < -0.39 is 35.3 Å². The van der Waals surface area contributed by atoms with Gasteiger partial charge in [0.1, 0.15) is 12.0 Å². The standard InChI is InChI=1S/C20H20FN3O5/c1-11(25)16-17(29-20(28)13-7-5-4-6-8-13)19(27)23(3)18(22-16)15-9-14(21)10-24(15)12(2)26/h4-8,14-15H,9-10H2,1-3H3/t14-,15-/m0/s1. The van der Waals surface area contributed by atoms with Crippen LogP contribution in [0.25, 0.3) is 0 Å². The number of Topliss-reactive ketones (excluding diaryl/α,β-unsaturated/α-hetero) is 1. The first-order valence-corrected chi connectivity index (χ1v) is 9.01. The van der Waals surface area contributed by atoms with E-state index in [1.807, 2.05) is 0 Å². The van der Waals surface area contributed by atoms with Crippen molar-refractivity contribution >= 4 is 17.7 Å². The van der Waals surface area contributed by atoms with Gasteiger partial charge in [0.05, 0.1) is 18.2 Å². The second-order valence-corrected chi connectivity index (χ2v) is 6.84. The fourth-order valence-electron chi connectivity index (χ4n) is 3.33. The summed E-state index contributed by atoms with van der Waals surface area (Å²) in [6.07, 6.45) is -1.31. The van der Waals surface area contributed by atoms with Crippen molar-refractivity contribution in [2.24, 2.45) is 7.05 Å². The molecule has 1 aliphatic heterocycles. The largest absolute Gasteiger partial charge is 0.414 e. The van der Waals surface area contributed by atoms with E-state index in [4.69, 9.17) is 4.74 Å². The molecule has 1 aliphatic rings. The lowest BCUT2D eigenvalue weighted by Crippen LogP contribution is -2.35. The lowest BCUT2D eigenvalue weighted by atomic mass is 10.1. The van der Waals surface area contributed by atoms with Crippen LogP contribution in [-0.2, 0) is 11.8 Å². The van der Waals surface area contributed by atoms with Crippen LogP contribution in [0.1, 0.15) is 53.0 Å². The number of halogens is 1. The zero-order valence-corrected chi connectivity index (χ0v) is 16.2. The molecule has 152 valence electrons. The first-order chi connectivity index (χ1) is 13.7. The van der Waals surface area contributed by atoms with Crippen LogP contribution in [0.15, 0.2) is 35.1 Å². The molecule has 2 heterocycles. The Kier molecular flexibility index (Phi) is 5.58. The number of likely N-dealkylation sites (tertiary alicyclic amines) is 1. The third-order valence-corrected chi connectivity index (χ3v) is 4.77. The van der Waals surface area contributed by atoms with Crippen molar-refractivity contribution in [3.63, 3.8) is 0 Å². The van der Waals surface area contributed by atoms with Gasteiger partial charge < -0.3 is 9.64 Å². The van der Waals surface area contributed by atoms with Crippen LogP contribution in [0.5, 0.6) is 5.75 Å². The molecule has 0 spiro atoms. The monoisotopic (exact) mass is 401 g/mol. The molecule has 1 amide bonds. The maximum Gasteiger partial charge on any atom is 0.343 e. The number of hydrogen-bond acceptors (Lipinski definition) is 6. The van der Waals surface area contributed by atoms with Gasteiger partial charge in [0, 0.05) is 27.3 Å². The molecule has 2 atom stereocenters. The molecule has 0 bridgehead atoms. The molecule has 1 aromatic carbocycles. The summed E-state index contributed by atoms with van der Waals surface area (Å²) in [5.41, 5.74) is -0.902. The Morgan fingerprint density at radius 3 is 2.41 bits per heavy atom. The SMILES string of the molecule is CC(=O)c1nc([C@@H]2C[C@H](F)CN2C(C)=O)n(C)c(=O)c1OC(=O)c1ccccc1. The van der Waals surface area contributed by atoms with Crippen LogP contribution in [0, 0.1) is 0 Å². The minimum Gasteiger partial charge on any atom is -0.414 e. The first-order valence-electron chi connectivity index (χ1n) is 9.01. The molecule has 29 heavy (non-hydrogen) atoms. The van der Waals surface area contributed by atoms with Crippen LogP contribution in [0.2, 0.25) is 0 Å². The van der Waals surface area contributed by atoms with E-state index >= 15 is 0 Å². The fourth-order valence-corrected chi connectivity index (χ4v) is 3.33. The van der Waals surface area contributed by atoms with Crippen LogP contribution in [0.4, 0.5) is 4.39 Å². The highest BCUT2D eigenvalue weighted by Gasteiger charge is 2.38. The summed E-state index contributed by atoms with van der Waals surface area (Å²) in [4.78, 5) is 54.7. The fraction of sp³-hybridized carbons (Fsp3) is 0.350. The van der Waals surface area contributed by atoms with Crippen LogP contribution in [-0.4, -0.2) is 44.8 Å². The van der Waals surface area contributed by atoms with Crippen molar-refractivity contribution in [3.8, 4) is 5.75 Å². The van der Waals surface area contributed by atoms with Gasteiger partial charge >= 0.3 is 5.97 Å². The first kappa shape index (κ1) is 20.4. The van der Waals surface area contributed by atoms with Crippen molar-refractivity contribution < 1.29 is 23.5 Å². The van der Waals surface area contributed by atoms with Gasteiger partial charge in [-0.1, -0.05) is 18.2 Å². The smallest absolute Gasteiger partial charge is 0.343 e. The summed E-state index contributed by atoms with van der Waals surface area (Å²) in [7, 11) is 1.37. The summed E-state index contributed by atoms with van der Waals surface area (Å²) in [5, 5.41) is 0. The molecule has 8 nitrogen and oxygen atoms in total. The van der Waals surface area contributed by atoms with Crippen LogP contribution in [0.3, 0.4) is 0 Å². The van der Waals surface area contributed by atoms with Crippen molar-refractivity contribution in [1.29, 1.82) is 0 Å². The number of amides is 1.